The van der Waals surface area contributed by atoms with Gasteiger partial charge in [-0.05, 0) is 78.6 Å². The van der Waals surface area contributed by atoms with Crippen LogP contribution in [0.3, 0.4) is 0 Å². The van der Waals surface area contributed by atoms with E-state index in [9.17, 15) is 4.39 Å². The largest absolute Gasteiger partial charge is 0.495 e. The van der Waals surface area contributed by atoms with Gasteiger partial charge < -0.3 is 23.8 Å². The topological polar surface area (TPSA) is 61.1 Å². The minimum atomic E-state index is -0.238. The Morgan fingerprint density at radius 2 is 1.95 bits per heavy atom. The molecule has 1 aromatic heterocycles. The van der Waals surface area contributed by atoms with E-state index in [0.29, 0.717) is 6.61 Å². The molecule has 192 valence electrons. The summed E-state index contributed by atoms with van der Waals surface area (Å²) in [5.41, 5.74) is 5.17. The fourth-order valence-corrected chi connectivity index (χ4v) is 5.75. The predicted octanol–water partition coefficient (Wildman–Crippen LogP) is 5.30. The molecule has 7 nitrogen and oxygen atoms in total. The predicted molar refractivity (Wildman–Crippen MR) is 139 cm³/mol. The van der Waals surface area contributed by atoms with Gasteiger partial charge in [-0.3, -0.25) is 0 Å². The molecule has 4 heterocycles. The SMILES string of the molecule is COc1cc(/C=C2\CC3(CCOCC3)CN3C2=NOCC3c2ccc(F)cc2)ccc1-n1cnc(C)c1. The van der Waals surface area contributed by atoms with Crippen molar-refractivity contribution in [2.24, 2.45) is 10.6 Å². The van der Waals surface area contributed by atoms with Crippen molar-refractivity contribution < 1.29 is 18.7 Å². The van der Waals surface area contributed by atoms with Gasteiger partial charge in [-0.15, -0.1) is 0 Å². The number of ether oxygens (including phenoxy) is 2. The van der Waals surface area contributed by atoms with Crippen LogP contribution in [0.1, 0.15) is 42.1 Å². The highest BCUT2D eigenvalue weighted by Crippen LogP contribution is 2.46. The molecular formula is C29H31FN4O3. The van der Waals surface area contributed by atoms with Crippen LogP contribution >= 0.6 is 0 Å². The molecule has 1 spiro atoms. The first-order valence-corrected chi connectivity index (χ1v) is 12.7. The van der Waals surface area contributed by atoms with Crippen LogP contribution in [0, 0.1) is 18.2 Å². The second-order valence-corrected chi connectivity index (χ2v) is 10.2. The number of benzene rings is 2. The van der Waals surface area contributed by atoms with E-state index in [1.807, 2.05) is 29.8 Å². The molecule has 2 fully saturated rings. The van der Waals surface area contributed by atoms with Crippen molar-refractivity contribution in [1.29, 1.82) is 0 Å². The molecule has 3 aromatic rings. The normalized spacial score (nSPS) is 21.9. The maximum Gasteiger partial charge on any atom is 0.172 e. The minimum Gasteiger partial charge on any atom is -0.495 e. The maximum atomic E-state index is 13.7. The lowest BCUT2D eigenvalue weighted by Crippen LogP contribution is -2.53. The van der Waals surface area contributed by atoms with Crippen LogP contribution in [0.15, 0.2) is 65.7 Å². The molecule has 0 amide bonds. The van der Waals surface area contributed by atoms with E-state index >= 15 is 0 Å². The Labute approximate surface area is 216 Å². The number of aryl methyl sites for hydroxylation is 1. The van der Waals surface area contributed by atoms with Crippen molar-refractivity contribution in [3.8, 4) is 11.4 Å². The third-order valence-electron chi connectivity index (χ3n) is 7.73. The molecule has 37 heavy (non-hydrogen) atoms. The van der Waals surface area contributed by atoms with Gasteiger partial charge in [-0.1, -0.05) is 23.4 Å². The number of hydrogen-bond donors (Lipinski definition) is 0. The van der Waals surface area contributed by atoms with Crippen molar-refractivity contribution in [2.75, 3.05) is 33.5 Å². The van der Waals surface area contributed by atoms with Crippen LogP contribution in [0.2, 0.25) is 0 Å². The lowest BCUT2D eigenvalue weighted by molar-refractivity contribution is -0.0222. The molecule has 3 aliphatic heterocycles. The van der Waals surface area contributed by atoms with E-state index in [2.05, 4.69) is 39.3 Å². The van der Waals surface area contributed by atoms with Crippen LogP contribution in [0.4, 0.5) is 4.39 Å². The van der Waals surface area contributed by atoms with Gasteiger partial charge in [0.05, 0.1) is 30.9 Å². The van der Waals surface area contributed by atoms with E-state index < -0.39 is 0 Å². The summed E-state index contributed by atoms with van der Waals surface area (Å²) in [5.74, 6) is 1.38. The monoisotopic (exact) mass is 502 g/mol. The Balaban J connectivity index is 1.39. The van der Waals surface area contributed by atoms with Crippen LogP contribution < -0.4 is 4.74 Å². The average Bonchev–Trinajstić information content (AvgIpc) is 3.35. The van der Waals surface area contributed by atoms with Gasteiger partial charge in [-0.25, -0.2) is 9.37 Å². The zero-order chi connectivity index (χ0) is 25.4. The van der Waals surface area contributed by atoms with Gasteiger partial charge in [0, 0.05) is 26.0 Å². The summed E-state index contributed by atoms with van der Waals surface area (Å²) in [6, 6.07) is 12.9. The highest BCUT2D eigenvalue weighted by Gasteiger charge is 2.45. The van der Waals surface area contributed by atoms with Crippen LogP contribution in [0.5, 0.6) is 5.75 Å². The van der Waals surface area contributed by atoms with Gasteiger partial charge in [0.15, 0.2) is 5.84 Å². The van der Waals surface area contributed by atoms with Crippen molar-refractivity contribution in [2.45, 2.75) is 32.2 Å². The van der Waals surface area contributed by atoms with Gasteiger partial charge in [0.25, 0.3) is 0 Å². The highest BCUT2D eigenvalue weighted by molar-refractivity contribution is 6.03. The third-order valence-corrected chi connectivity index (χ3v) is 7.73. The Bertz CT molecular complexity index is 1340. The Morgan fingerprint density at radius 3 is 2.68 bits per heavy atom. The van der Waals surface area contributed by atoms with Gasteiger partial charge in [-0.2, -0.15) is 0 Å². The first-order chi connectivity index (χ1) is 18.0. The minimum absolute atomic E-state index is 0.0297. The van der Waals surface area contributed by atoms with Crippen molar-refractivity contribution in [1.82, 2.24) is 14.5 Å². The molecule has 2 aromatic carbocycles. The zero-order valence-electron chi connectivity index (χ0n) is 21.2. The van der Waals surface area contributed by atoms with E-state index in [0.717, 1.165) is 78.7 Å². The summed E-state index contributed by atoms with van der Waals surface area (Å²) in [6.07, 6.45) is 8.86. The highest BCUT2D eigenvalue weighted by atomic mass is 19.1. The lowest BCUT2D eigenvalue weighted by Gasteiger charge is -2.50. The van der Waals surface area contributed by atoms with Crippen molar-refractivity contribution in [3.63, 3.8) is 0 Å². The molecule has 1 atom stereocenters. The van der Waals surface area contributed by atoms with E-state index in [1.54, 1.807) is 13.4 Å². The van der Waals surface area contributed by atoms with Crippen LogP contribution in [-0.4, -0.2) is 53.8 Å². The second-order valence-electron chi connectivity index (χ2n) is 10.2. The Morgan fingerprint density at radius 1 is 1.14 bits per heavy atom. The van der Waals surface area contributed by atoms with Gasteiger partial charge in [0.1, 0.15) is 18.2 Å². The van der Waals surface area contributed by atoms with Crippen molar-refractivity contribution >= 4 is 11.9 Å². The number of oxime groups is 1. The summed E-state index contributed by atoms with van der Waals surface area (Å²) in [4.78, 5) is 12.5. The summed E-state index contributed by atoms with van der Waals surface area (Å²) < 4.78 is 27.1. The number of imidazole rings is 1. The third kappa shape index (κ3) is 4.62. The number of halogens is 1. The van der Waals surface area contributed by atoms with E-state index in [4.69, 9.17) is 14.3 Å². The average molecular weight is 503 g/mol. The number of rotatable bonds is 4. The zero-order valence-corrected chi connectivity index (χ0v) is 21.2. The molecule has 6 rings (SSSR count). The Kier molecular flexibility index (Phi) is 6.20. The molecule has 0 aliphatic carbocycles. The second kappa shape index (κ2) is 9.67. The quantitative estimate of drug-likeness (QED) is 0.485. The standard InChI is InChI=1S/C29H31FN4O3/c1-20-16-33(19-31-20)25-8-3-21(14-27(25)35-2)13-23-15-29(9-11-36-12-10-29)18-34-26(17-37-32-28(23)34)22-4-6-24(30)7-5-22/h3-8,13-14,16,19,26H,9-12,15,17-18H2,1-2H3/b23-13+. The van der Waals surface area contributed by atoms with Gasteiger partial charge >= 0.3 is 0 Å². The van der Waals surface area contributed by atoms with E-state index in [-0.39, 0.29) is 17.3 Å². The smallest absolute Gasteiger partial charge is 0.172 e. The number of piperidine rings is 1. The van der Waals surface area contributed by atoms with Crippen molar-refractivity contribution in [3.05, 3.63) is 83.2 Å². The number of amidine groups is 1. The van der Waals surface area contributed by atoms with Gasteiger partial charge in [0.2, 0.25) is 0 Å². The number of aromatic nitrogens is 2. The fraction of sp³-hybridized carbons (Fsp3) is 0.379. The number of hydrogen-bond acceptors (Lipinski definition) is 6. The summed E-state index contributed by atoms with van der Waals surface area (Å²) in [5, 5.41) is 4.54. The first-order valence-electron chi connectivity index (χ1n) is 12.7. The molecule has 1 unspecified atom stereocenters. The maximum absolute atomic E-state index is 13.7. The number of nitrogens with zero attached hydrogens (tertiary/aromatic N) is 4. The summed E-state index contributed by atoms with van der Waals surface area (Å²) in [6.45, 7) is 4.80. The van der Waals surface area contributed by atoms with Crippen LogP contribution in [0.25, 0.3) is 11.8 Å². The molecule has 0 N–H and O–H groups in total. The molecule has 2 saturated heterocycles. The molecule has 0 saturated carbocycles. The molecule has 8 heteroatoms. The number of methoxy groups -OCH3 is 1. The fourth-order valence-electron chi connectivity index (χ4n) is 5.75. The molecule has 0 bridgehead atoms. The van der Waals surface area contributed by atoms with E-state index in [1.165, 1.54) is 12.1 Å². The van der Waals surface area contributed by atoms with Crippen LogP contribution in [-0.2, 0) is 9.57 Å². The summed E-state index contributed by atoms with van der Waals surface area (Å²) >= 11 is 0. The Hall–Kier alpha value is -3.65. The first kappa shape index (κ1) is 23.7. The molecule has 3 aliphatic rings. The molecule has 0 radical (unpaired) electrons. The lowest BCUT2D eigenvalue weighted by atomic mass is 9.71. The number of fused-ring (bicyclic) bond motifs is 1. The summed E-state index contributed by atoms with van der Waals surface area (Å²) in [7, 11) is 1.69. The molecular weight excluding hydrogens is 471 g/mol.